The van der Waals surface area contributed by atoms with Crippen LogP contribution in [0.2, 0.25) is 0 Å². The Bertz CT molecular complexity index is 559. The van der Waals surface area contributed by atoms with Crippen molar-refractivity contribution < 1.29 is 22.7 Å². The van der Waals surface area contributed by atoms with Crippen molar-refractivity contribution >= 4 is 16.2 Å². The van der Waals surface area contributed by atoms with Gasteiger partial charge >= 0.3 is 5.97 Å². The van der Waals surface area contributed by atoms with Gasteiger partial charge in [-0.1, -0.05) is 12.1 Å². The summed E-state index contributed by atoms with van der Waals surface area (Å²) in [7, 11) is -2.49. The van der Waals surface area contributed by atoms with E-state index in [1.807, 2.05) is 0 Å². The van der Waals surface area contributed by atoms with Gasteiger partial charge in [-0.3, -0.25) is 4.79 Å². The van der Waals surface area contributed by atoms with Gasteiger partial charge in [0.25, 0.3) is 10.2 Å². The van der Waals surface area contributed by atoms with Gasteiger partial charge in [0.15, 0.2) is 0 Å². The number of hydrogen-bond acceptors (Lipinski definition) is 3. The van der Waals surface area contributed by atoms with Gasteiger partial charge in [0.05, 0.1) is 6.42 Å². The first-order valence-electron chi connectivity index (χ1n) is 5.93. The molecule has 0 heterocycles. The molecule has 0 unspecified atom stereocenters. The number of nitrogens with zero attached hydrogens (tertiary/aromatic N) is 1. The standard InChI is InChI=1S/C12H17FN2O4S/c1-9(10-3-5-11(13)6-4-10)14-20(18,19)15(2)8-7-12(16)17/h3-6,9,14H,7-8H2,1-2H3,(H,16,17)/t9-/m1/s1. The van der Waals surface area contributed by atoms with E-state index in [4.69, 9.17) is 5.11 Å². The molecule has 0 fully saturated rings. The monoisotopic (exact) mass is 304 g/mol. The summed E-state index contributed by atoms with van der Waals surface area (Å²) in [6, 6.07) is 4.91. The number of carboxylic acid groups (broad SMARTS) is 1. The largest absolute Gasteiger partial charge is 0.481 e. The van der Waals surface area contributed by atoms with Gasteiger partial charge in [0, 0.05) is 19.6 Å². The molecule has 0 aromatic heterocycles. The molecule has 0 aliphatic rings. The molecule has 1 rings (SSSR count). The number of carboxylic acids is 1. The fourth-order valence-corrected chi connectivity index (χ4v) is 2.60. The van der Waals surface area contributed by atoms with Crippen LogP contribution in [0.1, 0.15) is 24.9 Å². The normalized spacial score (nSPS) is 13.4. The van der Waals surface area contributed by atoms with Gasteiger partial charge in [-0.25, -0.2) is 4.39 Å². The van der Waals surface area contributed by atoms with Crippen LogP contribution in [0.4, 0.5) is 4.39 Å². The van der Waals surface area contributed by atoms with Crippen LogP contribution in [0.3, 0.4) is 0 Å². The Morgan fingerprint density at radius 3 is 2.45 bits per heavy atom. The average molecular weight is 304 g/mol. The Labute approximate surface area is 117 Å². The topological polar surface area (TPSA) is 86.7 Å². The van der Waals surface area contributed by atoms with E-state index < -0.39 is 28.0 Å². The van der Waals surface area contributed by atoms with Crippen molar-refractivity contribution in [1.82, 2.24) is 9.03 Å². The van der Waals surface area contributed by atoms with Gasteiger partial charge < -0.3 is 5.11 Å². The molecule has 8 heteroatoms. The summed E-state index contributed by atoms with van der Waals surface area (Å²) in [5.41, 5.74) is 0.613. The van der Waals surface area contributed by atoms with Crippen LogP contribution < -0.4 is 4.72 Å². The fourth-order valence-electron chi connectivity index (χ4n) is 1.51. The summed E-state index contributed by atoms with van der Waals surface area (Å²) in [4.78, 5) is 10.4. The molecule has 1 atom stereocenters. The molecule has 112 valence electrons. The Morgan fingerprint density at radius 1 is 1.40 bits per heavy atom. The molecule has 0 amide bonds. The molecule has 0 bridgehead atoms. The molecule has 0 aliphatic carbocycles. The molecule has 1 aromatic rings. The zero-order valence-corrected chi connectivity index (χ0v) is 12.0. The quantitative estimate of drug-likeness (QED) is 0.790. The van der Waals surface area contributed by atoms with Crippen molar-refractivity contribution in [3.05, 3.63) is 35.6 Å². The average Bonchev–Trinajstić information content (AvgIpc) is 2.35. The van der Waals surface area contributed by atoms with Gasteiger partial charge in [0.2, 0.25) is 0 Å². The number of benzene rings is 1. The molecule has 0 saturated carbocycles. The van der Waals surface area contributed by atoms with E-state index >= 15 is 0 Å². The lowest BCUT2D eigenvalue weighted by molar-refractivity contribution is -0.137. The Hall–Kier alpha value is -1.51. The number of hydrogen-bond donors (Lipinski definition) is 2. The number of rotatable bonds is 7. The third-order valence-electron chi connectivity index (χ3n) is 2.75. The SMILES string of the molecule is C[C@@H](NS(=O)(=O)N(C)CCC(=O)O)c1ccc(F)cc1. The van der Waals surface area contributed by atoms with Crippen LogP contribution in [-0.2, 0) is 15.0 Å². The molecule has 6 nitrogen and oxygen atoms in total. The number of halogens is 1. The zero-order valence-electron chi connectivity index (χ0n) is 11.2. The molecule has 0 spiro atoms. The van der Waals surface area contributed by atoms with E-state index in [-0.39, 0.29) is 13.0 Å². The summed E-state index contributed by atoms with van der Waals surface area (Å²) in [5.74, 6) is -1.47. The molecule has 0 radical (unpaired) electrons. The Morgan fingerprint density at radius 2 is 1.95 bits per heavy atom. The summed E-state index contributed by atoms with van der Waals surface area (Å²) in [6.45, 7) is 1.50. The van der Waals surface area contributed by atoms with Crippen molar-refractivity contribution in [2.75, 3.05) is 13.6 Å². The second kappa shape index (κ2) is 6.78. The van der Waals surface area contributed by atoms with Crippen LogP contribution in [0.15, 0.2) is 24.3 Å². The second-order valence-electron chi connectivity index (χ2n) is 4.36. The first kappa shape index (κ1) is 16.5. The highest BCUT2D eigenvalue weighted by molar-refractivity contribution is 7.87. The third kappa shape index (κ3) is 4.87. The summed E-state index contributed by atoms with van der Waals surface area (Å²) < 4.78 is 40.0. The number of aliphatic carboxylic acids is 1. The van der Waals surface area contributed by atoms with E-state index in [0.29, 0.717) is 5.56 Å². The highest BCUT2D eigenvalue weighted by Crippen LogP contribution is 2.14. The van der Waals surface area contributed by atoms with Crippen LogP contribution in [0.5, 0.6) is 0 Å². The van der Waals surface area contributed by atoms with Crippen molar-refractivity contribution in [3.63, 3.8) is 0 Å². The molecule has 0 saturated heterocycles. The minimum atomic E-state index is -3.79. The minimum Gasteiger partial charge on any atom is -0.481 e. The predicted molar refractivity (Wildman–Crippen MR) is 71.8 cm³/mol. The number of nitrogens with one attached hydrogen (secondary N) is 1. The van der Waals surface area contributed by atoms with Crippen molar-refractivity contribution in [1.29, 1.82) is 0 Å². The molecular formula is C12H17FN2O4S. The number of carbonyl (C=O) groups is 1. The molecule has 0 aliphatic heterocycles. The Kier molecular flexibility index (Phi) is 5.61. The molecule has 20 heavy (non-hydrogen) atoms. The van der Waals surface area contributed by atoms with Crippen LogP contribution in [0.25, 0.3) is 0 Å². The second-order valence-corrected chi connectivity index (χ2v) is 6.17. The summed E-state index contributed by atoms with van der Waals surface area (Å²) >= 11 is 0. The van der Waals surface area contributed by atoms with Crippen LogP contribution in [-0.4, -0.2) is 37.4 Å². The van der Waals surface area contributed by atoms with E-state index in [1.54, 1.807) is 6.92 Å². The molecule has 2 N–H and O–H groups in total. The maximum atomic E-state index is 12.8. The van der Waals surface area contributed by atoms with Gasteiger partial charge in [-0.2, -0.15) is 17.4 Å². The highest BCUT2D eigenvalue weighted by Gasteiger charge is 2.21. The van der Waals surface area contributed by atoms with Gasteiger partial charge in [-0.15, -0.1) is 0 Å². The van der Waals surface area contributed by atoms with E-state index in [2.05, 4.69) is 4.72 Å². The van der Waals surface area contributed by atoms with Crippen LogP contribution in [0, 0.1) is 5.82 Å². The summed E-state index contributed by atoms with van der Waals surface area (Å²) in [6.07, 6.45) is -0.275. The fraction of sp³-hybridized carbons (Fsp3) is 0.417. The maximum absolute atomic E-state index is 12.8. The van der Waals surface area contributed by atoms with E-state index in [1.165, 1.54) is 31.3 Å². The van der Waals surface area contributed by atoms with Crippen LogP contribution >= 0.6 is 0 Å². The minimum absolute atomic E-state index is 0.124. The first-order chi connectivity index (χ1) is 9.22. The van der Waals surface area contributed by atoms with Crippen molar-refractivity contribution in [2.45, 2.75) is 19.4 Å². The van der Waals surface area contributed by atoms with Crippen molar-refractivity contribution in [3.8, 4) is 0 Å². The van der Waals surface area contributed by atoms with Gasteiger partial charge in [-0.05, 0) is 24.6 Å². The zero-order chi connectivity index (χ0) is 15.3. The first-order valence-corrected chi connectivity index (χ1v) is 7.37. The summed E-state index contributed by atoms with van der Waals surface area (Å²) in [5, 5.41) is 8.54. The molecule has 1 aromatic carbocycles. The maximum Gasteiger partial charge on any atom is 0.304 e. The van der Waals surface area contributed by atoms with E-state index in [9.17, 15) is 17.6 Å². The third-order valence-corrected chi connectivity index (χ3v) is 4.40. The lowest BCUT2D eigenvalue weighted by atomic mass is 10.1. The molecular weight excluding hydrogens is 287 g/mol. The lowest BCUT2D eigenvalue weighted by Gasteiger charge is -2.20. The predicted octanol–water partition coefficient (Wildman–Crippen LogP) is 1.13. The Balaban J connectivity index is 2.69. The van der Waals surface area contributed by atoms with Crippen molar-refractivity contribution in [2.24, 2.45) is 0 Å². The highest BCUT2D eigenvalue weighted by atomic mass is 32.2. The van der Waals surface area contributed by atoms with Gasteiger partial charge in [0.1, 0.15) is 5.82 Å². The smallest absolute Gasteiger partial charge is 0.304 e. The lowest BCUT2D eigenvalue weighted by Crippen LogP contribution is -2.40. The van der Waals surface area contributed by atoms with E-state index in [0.717, 1.165) is 4.31 Å².